The third kappa shape index (κ3) is 7.06. The molecule has 222 valence electrons. The molecule has 0 spiro atoms. The molecule has 42 heavy (non-hydrogen) atoms. The van der Waals surface area contributed by atoms with E-state index in [-0.39, 0.29) is 40.2 Å². The highest BCUT2D eigenvalue weighted by Gasteiger charge is 2.31. The molecule has 1 amide bonds. The number of anilines is 2. The van der Waals surface area contributed by atoms with Crippen LogP contribution in [0.2, 0.25) is 0 Å². The second-order valence-corrected chi connectivity index (χ2v) is 13.4. The fourth-order valence-corrected chi connectivity index (χ4v) is 6.39. The van der Waals surface area contributed by atoms with Gasteiger partial charge in [0, 0.05) is 35.9 Å². The van der Waals surface area contributed by atoms with Gasteiger partial charge in [0.25, 0.3) is 5.91 Å². The lowest BCUT2D eigenvalue weighted by Gasteiger charge is -2.33. The molecular formula is C32H37N3O6S. The number of nitrogens with one attached hydrogen (secondary N) is 2. The van der Waals surface area contributed by atoms with Gasteiger partial charge in [0.2, 0.25) is 10.0 Å². The topological polar surface area (TPSA) is 122 Å². The number of benzene rings is 3. The van der Waals surface area contributed by atoms with E-state index in [9.17, 15) is 22.8 Å². The fourth-order valence-electron chi connectivity index (χ4n) is 4.86. The first-order valence-corrected chi connectivity index (χ1v) is 15.3. The van der Waals surface area contributed by atoms with Gasteiger partial charge in [-0.05, 0) is 73.2 Å². The Labute approximate surface area is 247 Å². The Hall–Kier alpha value is -4.02. The van der Waals surface area contributed by atoms with Crippen molar-refractivity contribution in [2.45, 2.75) is 56.9 Å². The minimum absolute atomic E-state index is 0.0343. The number of carbonyl (C=O) groups is 3. The molecule has 1 saturated heterocycles. The summed E-state index contributed by atoms with van der Waals surface area (Å²) in [7, 11) is -2.51. The molecule has 9 nitrogen and oxygen atoms in total. The number of hydrogen-bond acceptors (Lipinski definition) is 7. The molecule has 1 aliphatic heterocycles. The number of nitrogens with zero attached hydrogens (tertiary/aromatic N) is 1. The van der Waals surface area contributed by atoms with Crippen molar-refractivity contribution >= 4 is 39.1 Å². The maximum Gasteiger partial charge on any atom is 0.339 e. The molecule has 10 heteroatoms. The first-order valence-electron chi connectivity index (χ1n) is 13.8. The normalized spacial score (nSPS) is 16.0. The molecule has 3 aromatic carbocycles. The molecule has 3 aromatic rings. The van der Waals surface area contributed by atoms with Crippen molar-refractivity contribution in [3.05, 3.63) is 89.0 Å². The summed E-state index contributed by atoms with van der Waals surface area (Å²) in [5.41, 5.74) is 3.19. The lowest BCUT2D eigenvalue weighted by atomic mass is 9.87. The van der Waals surface area contributed by atoms with Crippen LogP contribution in [0.1, 0.15) is 77.2 Å². The van der Waals surface area contributed by atoms with Gasteiger partial charge >= 0.3 is 5.97 Å². The predicted octanol–water partition coefficient (Wildman–Crippen LogP) is 5.49. The summed E-state index contributed by atoms with van der Waals surface area (Å²) < 4.78 is 33.1. The Morgan fingerprint density at radius 2 is 1.57 bits per heavy atom. The number of ether oxygens (including phenoxy) is 1. The predicted molar refractivity (Wildman–Crippen MR) is 163 cm³/mol. The molecule has 1 fully saturated rings. The zero-order chi connectivity index (χ0) is 30.7. The Morgan fingerprint density at radius 3 is 2.17 bits per heavy atom. The van der Waals surface area contributed by atoms with Crippen LogP contribution in [0.4, 0.5) is 11.4 Å². The van der Waals surface area contributed by atoms with Crippen LogP contribution in [-0.2, 0) is 20.2 Å². The summed E-state index contributed by atoms with van der Waals surface area (Å²) in [6, 6.07) is 17.9. The molecule has 1 heterocycles. The van der Waals surface area contributed by atoms with E-state index in [1.807, 2.05) is 12.1 Å². The standard InChI is InChI=1S/C32H37N3O6S/c1-21(36)22-10-15-27(16-11-22)42(39,40)35-18-6-7-26(20-35)33-29-19-25(14-17-28(29)31(38)41-5)34-30(37)23-8-12-24(13-9-23)32(2,3)4/h8-17,19,26,33H,6-7,18,20H2,1-5H3,(H,34,37). The SMILES string of the molecule is COC(=O)c1ccc(NC(=O)c2ccc(C(C)(C)C)cc2)cc1NC1CCCN(S(=O)(=O)c2ccc(C(C)=O)cc2)C1. The van der Waals surface area contributed by atoms with Gasteiger partial charge < -0.3 is 15.4 Å². The highest BCUT2D eigenvalue weighted by Crippen LogP contribution is 2.28. The number of Topliss-reactive ketones (excluding diaryl/α,β-unsaturated/α-hetero) is 1. The molecule has 1 atom stereocenters. The second-order valence-electron chi connectivity index (χ2n) is 11.5. The Balaban J connectivity index is 1.53. The van der Waals surface area contributed by atoms with Crippen LogP contribution >= 0.6 is 0 Å². The maximum atomic E-state index is 13.4. The molecule has 0 bridgehead atoms. The molecule has 1 aliphatic rings. The number of piperidine rings is 1. The van der Waals surface area contributed by atoms with Gasteiger partial charge in [-0.1, -0.05) is 45.0 Å². The summed E-state index contributed by atoms with van der Waals surface area (Å²) in [5, 5.41) is 6.20. The summed E-state index contributed by atoms with van der Waals surface area (Å²) in [5.74, 6) is -0.989. The maximum absolute atomic E-state index is 13.4. The van der Waals surface area contributed by atoms with Crippen LogP contribution in [0.15, 0.2) is 71.6 Å². The highest BCUT2D eigenvalue weighted by atomic mass is 32.2. The molecular weight excluding hydrogens is 554 g/mol. The van der Waals surface area contributed by atoms with Gasteiger partial charge in [-0.3, -0.25) is 9.59 Å². The lowest BCUT2D eigenvalue weighted by molar-refractivity contribution is 0.0601. The van der Waals surface area contributed by atoms with E-state index in [1.54, 1.807) is 30.3 Å². The van der Waals surface area contributed by atoms with E-state index < -0.39 is 16.0 Å². The first kappa shape index (κ1) is 30.9. The largest absolute Gasteiger partial charge is 0.465 e. The number of ketones is 1. The number of esters is 1. The minimum atomic E-state index is -3.79. The van der Waals surface area contributed by atoms with E-state index in [0.717, 1.165) is 5.56 Å². The van der Waals surface area contributed by atoms with Crippen LogP contribution in [0.25, 0.3) is 0 Å². The van der Waals surface area contributed by atoms with Gasteiger partial charge in [-0.25, -0.2) is 13.2 Å². The van der Waals surface area contributed by atoms with E-state index in [4.69, 9.17) is 4.74 Å². The average molecular weight is 592 g/mol. The quantitative estimate of drug-likeness (QED) is 0.262. The Kier molecular flexibility index (Phi) is 9.18. The van der Waals surface area contributed by atoms with Crippen LogP contribution in [-0.4, -0.2) is 56.6 Å². The smallest absolute Gasteiger partial charge is 0.339 e. The molecule has 0 saturated carbocycles. The van der Waals surface area contributed by atoms with Gasteiger partial charge in [0.1, 0.15) is 0 Å². The summed E-state index contributed by atoms with van der Waals surface area (Å²) in [6.45, 7) is 8.27. The van der Waals surface area contributed by atoms with E-state index in [0.29, 0.717) is 41.9 Å². The van der Waals surface area contributed by atoms with E-state index in [1.165, 1.54) is 42.6 Å². The third-order valence-electron chi connectivity index (χ3n) is 7.34. The van der Waals surface area contributed by atoms with Gasteiger partial charge in [0.05, 0.1) is 23.3 Å². The van der Waals surface area contributed by atoms with Crippen molar-refractivity contribution in [2.24, 2.45) is 0 Å². The van der Waals surface area contributed by atoms with Gasteiger partial charge in [-0.2, -0.15) is 4.31 Å². The Bertz CT molecular complexity index is 1580. The molecule has 4 rings (SSSR count). The average Bonchev–Trinajstić information content (AvgIpc) is 2.96. The van der Waals surface area contributed by atoms with Crippen LogP contribution < -0.4 is 10.6 Å². The minimum Gasteiger partial charge on any atom is -0.465 e. The second kappa shape index (κ2) is 12.5. The van der Waals surface area contributed by atoms with Gasteiger partial charge in [0.15, 0.2) is 5.78 Å². The van der Waals surface area contributed by atoms with Crippen LogP contribution in [0, 0.1) is 0 Å². The van der Waals surface area contributed by atoms with Crippen LogP contribution in [0.5, 0.6) is 0 Å². The third-order valence-corrected chi connectivity index (χ3v) is 9.22. The van der Waals surface area contributed by atoms with Crippen molar-refractivity contribution < 1.29 is 27.5 Å². The van der Waals surface area contributed by atoms with Crippen LogP contribution in [0.3, 0.4) is 0 Å². The number of amides is 1. The van der Waals surface area contributed by atoms with Crippen molar-refractivity contribution in [1.82, 2.24) is 4.31 Å². The number of rotatable bonds is 8. The molecule has 2 N–H and O–H groups in total. The monoisotopic (exact) mass is 591 g/mol. The van der Waals surface area contributed by atoms with Gasteiger partial charge in [-0.15, -0.1) is 0 Å². The van der Waals surface area contributed by atoms with Crippen molar-refractivity contribution in [2.75, 3.05) is 30.8 Å². The summed E-state index contributed by atoms with van der Waals surface area (Å²) >= 11 is 0. The fraction of sp³-hybridized carbons (Fsp3) is 0.344. The lowest BCUT2D eigenvalue weighted by Crippen LogP contribution is -2.45. The molecule has 1 unspecified atom stereocenters. The Morgan fingerprint density at radius 1 is 0.929 bits per heavy atom. The zero-order valence-electron chi connectivity index (χ0n) is 24.6. The molecule has 0 radical (unpaired) electrons. The summed E-state index contributed by atoms with van der Waals surface area (Å²) in [6.07, 6.45) is 1.28. The van der Waals surface area contributed by atoms with Crippen molar-refractivity contribution in [3.63, 3.8) is 0 Å². The molecule has 0 aliphatic carbocycles. The molecule has 0 aromatic heterocycles. The van der Waals surface area contributed by atoms with Crippen molar-refractivity contribution in [3.8, 4) is 0 Å². The van der Waals surface area contributed by atoms with Crippen molar-refractivity contribution in [1.29, 1.82) is 0 Å². The number of carbonyl (C=O) groups excluding carboxylic acids is 3. The van der Waals surface area contributed by atoms with E-state index >= 15 is 0 Å². The number of hydrogen-bond donors (Lipinski definition) is 2. The highest BCUT2D eigenvalue weighted by molar-refractivity contribution is 7.89. The van der Waals surface area contributed by atoms with E-state index in [2.05, 4.69) is 31.4 Å². The first-order chi connectivity index (χ1) is 19.8. The number of methoxy groups -OCH3 is 1. The number of sulfonamides is 1. The zero-order valence-corrected chi connectivity index (χ0v) is 25.4. The summed E-state index contributed by atoms with van der Waals surface area (Å²) in [4.78, 5) is 37.2.